The summed E-state index contributed by atoms with van der Waals surface area (Å²) in [7, 11) is 0. The standard InChI is InChI=1S/C15H16N2O3/c1-2-20-12-6-3-5-11(9-12)10-17-15(19)13-7-4-8-16-14(13)18/h3-9H,2,10H2,1H3,(H,16,18)(H,17,19). The third-order valence-electron chi connectivity index (χ3n) is 2.73. The Hall–Kier alpha value is -2.56. The summed E-state index contributed by atoms with van der Waals surface area (Å²) in [5.41, 5.74) is 0.623. The van der Waals surface area contributed by atoms with Gasteiger partial charge in [-0.1, -0.05) is 12.1 Å². The van der Waals surface area contributed by atoms with Crippen molar-refractivity contribution in [3.63, 3.8) is 0 Å². The van der Waals surface area contributed by atoms with Gasteiger partial charge in [0.05, 0.1) is 6.61 Å². The first-order chi connectivity index (χ1) is 9.70. The Kier molecular flexibility index (Phi) is 4.55. The molecule has 0 saturated heterocycles. The van der Waals surface area contributed by atoms with E-state index in [2.05, 4.69) is 10.3 Å². The van der Waals surface area contributed by atoms with Crippen molar-refractivity contribution in [3.8, 4) is 5.75 Å². The third kappa shape index (κ3) is 3.47. The average molecular weight is 272 g/mol. The van der Waals surface area contributed by atoms with E-state index in [-0.39, 0.29) is 5.56 Å². The van der Waals surface area contributed by atoms with E-state index in [4.69, 9.17) is 4.74 Å². The fourth-order valence-electron chi connectivity index (χ4n) is 1.79. The molecule has 0 unspecified atom stereocenters. The molecule has 0 spiro atoms. The second kappa shape index (κ2) is 6.56. The molecule has 0 aliphatic rings. The van der Waals surface area contributed by atoms with Crippen LogP contribution in [0.25, 0.3) is 0 Å². The fraction of sp³-hybridized carbons (Fsp3) is 0.200. The number of H-pyrrole nitrogens is 1. The van der Waals surface area contributed by atoms with Crippen LogP contribution in [0.4, 0.5) is 0 Å². The summed E-state index contributed by atoms with van der Waals surface area (Å²) >= 11 is 0. The molecule has 2 rings (SSSR count). The number of amides is 1. The Morgan fingerprint density at radius 1 is 1.30 bits per heavy atom. The lowest BCUT2D eigenvalue weighted by Crippen LogP contribution is -2.28. The van der Waals surface area contributed by atoms with Crippen molar-refractivity contribution in [2.24, 2.45) is 0 Å². The van der Waals surface area contributed by atoms with Crippen molar-refractivity contribution in [1.29, 1.82) is 0 Å². The highest BCUT2D eigenvalue weighted by atomic mass is 16.5. The van der Waals surface area contributed by atoms with Crippen LogP contribution in [0.3, 0.4) is 0 Å². The number of carbonyl (C=O) groups excluding carboxylic acids is 1. The van der Waals surface area contributed by atoms with Gasteiger partial charge < -0.3 is 15.0 Å². The topological polar surface area (TPSA) is 71.2 Å². The van der Waals surface area contributed by atoms with Gasteiger partial charge in [-0.05, 0) is 36.8 Å². The van der Waals surface area contributed by atoms with E-state index in [0.717, 1.165) is 11.3 Å². The molecule has 1 amide bonds. The third-order valence-corrected chi connectivity index (χ3v) is 2.73. The first-order valence-corrected chi connectivity index (χ1v) is 6.38. The Bertz CT molecular complexity index is 649. The summed E-state index contributed by atoms with van der Waals surface area (Å²) in [4.78, 5) is 25.8. The molecule has 2 N–H and O–H groups in total. The molecule has 1 aromatic carbocycles. The van der Waals surface area contributed by atoms with Crippen LogP contribution in [0.5, 0.6) is 5.75 Å². The van der Waals surface area contributed by atoms with E-state index in [1.54, 1.807) is 6.07 Å². The first kappa shape index (κ1) is 13.9. The van der Waals surface area contributed by atoms with Gasteiger partial charge in [-0.2, -0.15) is 0 Å². The van der Waals surface area contributed by atoms with Gasteiger partial charge >= 0.3 is 0 Å². The second-order valence-electron chi connectivity index (χ2n) is 4.18. The molecule has 0 aliphatic carbocycles. The van der Waals surface area contributed by atoms with Gasteiger partial charge in [0, 0.05) is 12.7 Å². The van der Waals surface area contributed by atoms with Gasteiger partial charge in [0.2, 0.25) is 0 Å². The van der Waals surface area contributed by atoms with Gasteiger partial charge in [0.15, 0.2) is 0 Å². The van der Waals surface area contributed by atoms with Gasteiger partial charge in [-0.15, -0.1) is 0 Å². The molecule has 5 nitrogen and oxygen atoms in total. The smallest absolute Gasteiger partial charge is 0.260 e. The molecule has 0 radical (unpaired) electrons. The minimum absolute atomic E-state index is 0.105. The number of hydrogen-bond acceptors (Lipinski definition) is 3. The van der Waals surface area contributed by atoms with Crippen LogP contribution in [0.1, 0.15) is 22.8 Å². The van der Waals surface area contributed by atoms with Crippen molar-refractivity contribution >= 4 is 5.91 Å². The highest BCUT2D eigenvalue weighted by Gasteiger charge is 2.08. The van der Waals surface area contributed by atoms with Crippen LogP contribution < -0.4 is 15.6 Å². The molecule has 0 atom stereocenters. The molecule has 1 aromatic heterocycles. The maximum absolute atomic E-state index is 11.9. The van der Waals surface area contributed by atoms with E-state index in [1.165, 1.54) is 12.3 Å². The number of carbonyl (C=O) groups is 1. The number of benzene rings is 1. The minimum Gasteiger partial charge on any atom is -0.494 e. The van der Waals surface area contributed by atoms with Crippen molar-refractivity contribution in [2.45, 2.75) is 13.5 Å². The fourth-order valence-corrected chi connectivity index (χ4v) is 1.79. The van der Waals surface area contributed by atoms with E-state index in [0.29, 0.717) is 13.2 Å². The predicted octanol–water partition coefficient (Wildman–Crippen LogP) is 1.70. The van der Waals surface area contributed by atoms with Crippen LogP contribution in [0.15, 0.2) is 47.4 Å². The normalized spacial score (nSPS) is 10.1. The highest BCUT2D eigenvalue weighted by Crippen LogP contribution is 2.13. The lowest BCUT2D eigenvalue weighted by molar-refractivity contribution is 0.0949. The number of nitrogens with one attached hydrogen (secondary N) is 2. The number of aromatic nitrogens is 1. The minimum atomic E-state index is -0.395. The van der Waals surface area contributed by atoms with E-state index in [9.17, 15) is 9.59 Å². The largest absolute Gasteiger partial charge is 0.494 e. The Morgan fingerprint density at radius 3 is 2.90 bits per heavy atom. The summed E-state index contributed by atoms with van der Waals surface area (Å²) in [6.07, 6.45) is 1.49. The van der Waals surface area contributed by atoms with Gasteiger partial charge in [0.1, 0.15) is 11.3 Å². The van der Waals surface area contributed by atoms with E-state index in [1.807, 2.05) is 31.2 Å². The molecular weight excluding hydrogens is 256 g/mol. The Labute approximate surface area is 116 Å². The van der Waals surface area contributed by atoms with Crippen LogP contribution in [0.2, 0.25) is 0 Å². The second-order valence-corrected chi connectivity index (χ2v) is 4.18. The predicted molar refractivity (Wildman–Crippen MR) is 75.8 cm³/mol. The molecule has 0 bridgehead atoms. The molecule has 0 fully saturated rings. The van der Waals surface area contributed by atoms with Crippen molar-refractivity contribution in [2.75, 3.05) is 6.61 Å². The first-order valence-electron chi connectivity index (χ1n) is 6.38. The zero-order valence-corrected chi connectivity index (χ0v) is 11.2. The van der Waals surface area contributed by atoms with Gasteiger partial charge in [-0.3, -0.25) is 9.59 Å². The quantitative estimate of drug-likeness (QED) is 0.870. The Balaban J connectivity index is 2.02. The molecule has 104 valence electrons. The van der Waals surface area contributed by atoms with E-state index >= 15 is 0 Å². The summed E-state index contributed by atoms with van der Waals surface area (Å²) in [6.45, 7) is 2.85. The van der Waals surface area contributed by atoms with E-state index < -0.39 is 11.5 Å². The molecule has 20 heavy (non-hydrogen) atoms. The number of hydrogen-bond donors (Lipinski definition) is 2. The van der Waals surface area contributed by atoms with Crippen LogP contribution >= 0.6 is 0 Å². The maximum Gasteiger partial charge on any atom is 0.260 e. The van der Waals surface area contributed by atoms with Crippen LogP contribution in [0, 0.1) is 0 Å². The number of aromatic amines is 1. The number of pyridine rings is 1. The van der Waals surface area contributed by atoms with Crippen molar-refractivity contribution in [1.82, 2.24) is 10.3 Å². The highest BCUT2D eigenvalue weighted by molar-refractivity contribution is 5.93. The average Bonchev–Trinajstić information content (AvgIpc) is 2.46. The maximum atomic E-state index is 11.9. The molecular formula is C15H16N2O3. The zero-order chi connectivity index (χ0) is 14.4. The lowest BCUT2D eigenvalue weighted by atomic mass is 10.2. The van der Waals surface area contributed by atoms with Crippen molar-refractivity contribution < 1.29 is 9.53 Å². The summed E-state index contributed by atoms with van der Waals surface area (Å²) in [6, 6.07) is 10.6. The summed E-state index contributed by atoms with van der Waals surface area (Å²) < 4.78 is 5.39. The molecule has 2 aromatic rings. The molecule has 5 heteroatoms. The molecule has 0 aliphatic heterocycles. The molecule has 1 heterocycles. The van der Waals surface area contributed by atoms with Crippen LogP contribution in [-0.4, -0.2) is 17.5 Å². The lowest BCUT2D eigenvalue weighted by Gasteiger charge is -2.07. The number of ether oxygens (including phenoxy) is 1. The monoisotopic (exact) mass is 272 g/mol. The molecule has 0 saturated carbocycles. The van der Waals surface area contributed by atoms with Crippen LogP contribution in [-0.2, 0) is 6.54 Å². The van der Waals surface area contributed by atoms with Gasteiger partial charge in [0.25, 0.3) is 11.5 Å². The Morgan fingerprint density at radius 2 is 2.15 bits per heavy atom. The summed E-state index contributed by atoms with van der Waals surface area (Å²) in [5, 5.41) is 2.71. The number of rotatable bonds is 5. The SMILES string of the molecule is CCOc1cccc(CNC(=O)c2ccc[nH]c2=O)c1. The van der Waals surface area contributed by atoms with Crippen molar-refractivity contribution in [3.05, 3.63) is 64.1 Å². The summed E-state index contributed by atoms with van der Waals surface area (Å²) in [5.74, 6) is 0.366. The van der Waals surface area contributed by atoms with Gasteiger partial charge in [-0.25, -0.2) is 0 Å². The zero-order valence-electron chi connectivity index (χ0n) is 11.2.